The normalized spacial score (nSPS) is 32.6. The molecule has 0 spiro atoms. The van der Waals surface area contributed by atoms with Crippen molar-refractivity contribution in [3.8, 4) is 0 Å². The lowest BCUT2D eigenvalue weighted by atomic mass is 9.74. The zero-order valence-electron chi connectivity index (χ0n) is 11.2. The van der Waals surface area contributed by atoms with Gasteiger partial charge in [0.2, 0.25) is 0 Å². The fraction of sp³-hybridized carbons (Fsp3) is 0.818. The molecule has 4 atom stereocenters. The molecule has 0 amide bonds. The van der Waals surface area contributed by atoms with Gasteiger partial charge in [0.1, 0.15) is 5.88 Å². The third-order valence-electron chi connectivity index (χ3n) is 3.50. The molecule has 19 heavy (non-hydrogen) atoms. The Morgan fingerprint density at radius 1 is 1.05 bits per heavy atom. The second kappa shape index (κ2) is 6.08. The molecule has 0 heterocycles. The molecular formula is C11H20N2O5S. The van der Waals surface area contributed by atoms with E-state index in [0.29, 0.717) is 6.54 Å². The van der Waals surface area contributed by atoms with Gasteiger partial charge in [-0.1, -0.05) is 20.8 Å². The monoisotopic (exact) mass is 292 g/mol. The van der Waals surface area contributed by atoms with Crippen molar-refractivity contribution >= 4 is 21.7 Å². The van der Waals surface area contributed by atoms with Crippen LogP contribution >= 0.6 is 0 Å². The molecule has 0 aliphatic heterocycles. The van der Waals surface area contributed by atoms with E-state index in [-0.39, 0.29) is 11.6 Å². The summed E-state index contributed by atoms with van der Waals surface area (Å²) in [7, 11) is -4.24. The molecule has 0 saturated heterocycles. The van der Waals surface area contributed by atoms with Gasteiger partial charge < -0.3 is 5.32 Å². The van der Waals surface area contributed by atoms with E-state index in [1.165, 1.54) is 0 Å². The highest BCUT2D eigenvalue weighted by atomic mass is 32.2. The average molecular weight is 292 g/mol. The largest absolute Gasteiger partial charge is 0.306 e. The lowest BCUT2D eigenvalue weighted by Crippen LogP contribution is -2.64. The van der Waals surface area contributed by atoms with Crippen LogP contribution in [0.5, 0.6) is 0 Å². The van der Waals surface area contributed by atoms with Crippen LogP contribution < -0.4 is 10.6 Å². The minimum Gasteiger partial charge on any atom is -0.306 e. The summed E-state index contributed by atoms with van der Waals surface area (Å²) in [5.41, 5.74) is 0. The van der Waals surface area contributed by atoms with E-state index in [4.69, 9.17) is 4.55 Å². The predicted octanol–water partition coefficient (Wildman–Crippen LogP) is -0.808. The molecule has 1 fully saturated rings. The molecule has 0 radical (unpaired) electrons. The number of Topliss-reactive ketones (excluding diaryl/α,β-unsaturated/α-hetero) is 2. The molecule has 8 heteroatoms. The Balaban J connectivity index is 2.94. The van der Waals surface area contributed by atoms with Crippen LogP contribution in [0.1, 0.15) is 20.8 Å². The lowest BCUT2D eigenvalue weighted by molar-refractivity contribution is -0.140. The predicted molar refractivity (Wildman–Crippen MR) is 69.1 cm³/mol. The first kappa shape index (κ1) is 16.2. The van der Waals surface area contributed by atoms with Crippen LogP contribution in [0, 0.1) is 11.8 Å². The van der Waals surface area contributed by atoms with Gasteiger partial charge in [-0.15, -0.1) is 0 Å². The third kappa shape index (κ3) is 3.82. The van der Waals surface area contributed by atoms with Crippen LogP contribution in [0.25, 0.3) is 0 Å². The van der Waals surface area contributed by atoms with Crippen molar-refractivity contribution in [3.05, 3.63) is 0 Å². The molecule has 1 aliphatic carbocycles. The Morgan fingerprint density at radius 2 is 1.47 bits per heavy atom. The summed E-state index contributed by atoms with van der Waals surface area (Å²) in [4.78, 5) is 24.3. The van der Waals surface area contributed by atoms with Crippen LogP contribution in [-0.4, -0.2) is 49.0 Å². The molecule has 3 N–H and O–H groups in total. The van der Waals surface area contributed by atoms with Crippen LogP contribution in [0.15, 0.2) is 0 Å². The van der Waals surface area contributed by atoms with Gasteiger partial charge in [0.15, 0.2) is 11.6 Å². The highest BCUT2D eigenvalue weighted by Gasteiger charge is 2.45. The zero-order valence-corrected chi connectivity index (χ0v) is 12.0. The number of likely N-dealkylation sites (N-methyl/N-ethyl adjacent to an activating group) is 1. The molecule has 1 rings (SSSR count). The highest BCUT2D eigenvalue weighted by Crippen LogP contribution is 2.24. The quantitative estimate of drug-likeness (QED) is 0.568. The number of hydrogen-bond donors (Lipinski definition) is 3. The lowest BCUT2D eigenvalue weighted by Gasteiger charge is -2.36. The second-order valence-corrected chi connectivity index (χ2v) is 6.28. The Morgan fingerprint density at radius 3 is 1.84 bits per heavy atom. The van der Waals surface area contributed by atoms with E-state index in [2.05, 4.69) is 10.6 Å². The van der Waals surface area contributed by atoms with Crippen molar-refractivity contribution in [2.75, 3.05) is 12.4 Å². The summed E-state index contributed by atoms with van der Waals surface area (Å²) in [5, 5.41) is 5.35. The molecule has 0 bridgehead atoms. The summed E-state index contributed by atoms with van der Waals surface area (Å²) in [6, 6.07) is -1.69. The molecule has 110 valence electrons. The van der Waals surface area contributed by atoms with Gasteiger partial charge in [-0.05, 0) is 6.54 Å². The summed E-state index contributed by atoms with van der Waals surface area (Å²) in [6.07, 6.45) is 0. The van der Waals surface area contributed by atoms with Gasteiger partial charge in [0, 0.05) is 11.8 Å². The van der Waals surface area contributed by atoms with Crippen molar-refractivity contribution in [1.29, 1.82) is 0 Å². The summed E-state index contributed by atoms with van der Waals surface area (Å²) in [5.74, 6) is -1.97. The number of hydrogen-bond acceptors (Lipinski definition) is 6. The Kier molecular flexibility index (Phi) is 5.19. The maximum Gasteiger partial charge on any atom is 0.278 e. The topological polar surface area (TPSA) is 113 Å². The minimum atomic E-state index is -4.24. The molecule has 0 aromatic rings. The van der Waals surface area contributed by atoms with E-state index in [0.717, 1.165) is 0 Å². The summed E-state index contributed by atoms with van der Waals surface area (Å²) < 4.78 is 30.2. The standard InChI is InChI=1S/C11H20N2O5S/c1-4-12-8-9(13-5-19(16,17)18)11(15)7(3)6(2)10(8)14/h6-9,12-13H,4-5H2,1-3H3,(H,16,17,18). The minimum absolute atomic E-state index is 0.123. The van der Waals surface area contributed by atoms with Crippen LogP contribution in [0.3, 0.4) is 0 Å². The summed E-state index contributed by atoms with van der Waals surface area (Å²) >= 11 is 0. The number of carbonyl (C=O) groups excluding carboxylic acids is 2. The van der Waals surface area contributed by atoms with Gasteiger partial charge in [-0.25, -0.2) is 0 Å². The molecule has 4 unspecified atom stereocenters. The Bertz CT molecular complexity index is 462. The first-order valence-electron chi connectivity index (χ1n) is 6.18. The molecule has 1 saturated carbocycles. The first-order valence-corrected chi connectivity index (χ1v) is 7.79. The fourth-order valence-electron chi connectivity index (χ4n) is 2.24. The van der Waals surface area contributed by atoms with Crippen LogP contribution in [-0.2, 0) is 19.7 Å². The van der Waals surface area contributed by atoms with Crippen molar-refractivity contribution in [3.63, 3.8) is 0 Å². The van der Waals surface area contributed by atoms with Crippen molar-refractivity contribution < 1.29 is 22.6 Å². The van der Waals surface area contributed by atoms with Crippen LogP contribution in [0.2, 0.25) is 0 Å². The molecular weight excluding hydrogens is 272 g/mol. The van der Waals surface area contributed by atoms with Gasteiger partial charge in [0.25, 0.3) is 10.1 Å². The number of carbonyl (C=O) groups is 2. The zero-order chi connectivity index (χ0) is 14.8. The molecule has 0 aromatic heterocycles. The van der Waals surface area contributed by atoms with Gasteiger partial charge in [-0.3, -0.25) is 19.5 Å². The fourth-order valence-corrected chi connectivity index (χ4v) is 2.63. The first-order chi connectivity index (χ1) is 8.69. The molecule has 1 aliphatic rings. The Labute approximate surface area is 112 Å². The van der Waals surface area contributed by atoms with Crippen LogP contribution in [0.4, 0.5) is 0 Å². The average Bonchev–Trinajstić information content (AvgIpc) is 2.31. The van der Waals surface area contributed by atoms with E-state index in [1.54, 1.807) is 20.8 Å². The van der Waals surface area contributed by atoms with Gasteiger partial charge in [0.05, 0.1) is 12.1 Å². The van der Waals surface area contributed by atoms with E-state index < -0.39 is 39.9 Å². The smallest absolute Gasteiger partial charge is 0.278 e. The number of nitrogens with one attached hydrogen (secondary N) is 2. The van der Waals surface area contributed by atoms with Crippen molar-refractivity contribution in [1.82, 2.24) is 10.6 Å². The molecule has 0 aromatic carbocycles. The van der Waals surface area contributed by atoms with E-state index >= 15 is 0 Å². The van der Waals surface area contributed by atoms with E-state index in [1.807, 2.05) is 0 Å². The SMILES string of the molecule is CCNC1C(=O)C(C)C(C)C(=O)C1NCS(=O)(=O)O. The Hall–Kier alpha value is -0.830. The highest BCUT2D eigenvalue weighted by molar-refractivity contribution is 7.85. The molecule has 7 nitrogen and oxygen atoms in total. The third-order valence-corrected chi connectivity index (χ3v) is 4.04. The maximum atomic E-state index is 12.2. The second-order valence-electron chi connectivity index (χ2n) is 4.83. The maximum absolute atomic E-state index is 12.2. The summed E-state index contributed by atoms with van der Waals surface area (Å²) in [6.45, 7) is 5.61. The van der Waals surface area contributed by atoms with Gasteiger partial charge in [-0.2, -0.15) is 8.42 Å². The number of rotatable bonds is 5. The van der Waals surface area contributed by atoms with E-state index in [9.17, 15) is 18.0 Å². The van der Waals surface area contributed by atoms with Crippen molar-refractivity contribution in [2.24, 2.45) is 11.8 Å². The number of ketones is 2. The van der Waals surface area contributed by atoms with Gasteiger partial charge >= 0.3 is 0 Å². The van der Waals surface area contributed by atoms with Crippen molar-refractivity contribution in [2.45, 2.75) is 32.9 Å².